The predicted octanol–water partition coefficient (Wildman–Crippen LogP) is 0.746. The minimum atomic E-state index is -0.231. The third-order valence-electron chi connectivity index (χ3n) is 2.52. The van der Waals surface area contributed by atoms with E-state index >= 15 is 0 Å². The summed E-state index contributed by atoms with van der Waals surface area (Å²) in [5, 5.41) is 20.9. The summed E-state index contributed by atoms with van der Waals surface area (Å²) < 4.78 is 0. The van der Waals surface area contributed by atoms with Crippen molar-refractivity contribution >= 4 is 0 Å². The van der Waals surface area contributed by atoms with E-state index in [9.17, 15) is 0 Å². The molecule has 3 heteroatoms. The van der Waals surface area contributed by atoms with Crippen LogP contribution < -0.4 is 5.32 Å². The van der Waals surface area contributed by atoms with Crippen molar-refractivity contribution in [3.05, 3.63) is 34.9 Å². The average Bonchev–Trinajstić information content (AvgIpc) is 2.22. The van der Waals surface area contributed by atoms with Crippen LogP contribution in [0.2, 0.25) is 0 Å². The molecule has 1 aromatic carbocycles. The molecular formula is C12H19NO2. The summed E-state index contributed by atoms with van der Waals surface area (Å²) in [5.74, 6) is 0. The quantitative estimate of drug-likeness (QED) is 0.670. The highest BCUT2D eigenvalue weighted by molar-refractivity contribution is 5.30. The number of aliphatic hydroxyl groups excluding tert-OH is 2. The monoisotopic (exact) mass is 209 g/mol. The maximum Gasteiger partial charge on any atom is 0.0607 e. The average molecular weight is 209 g/mol. The lowest BCUT2D eigenvalue weighted by molar-refractivity contribution is 0.170. The molecule has 3 N–H and O–H groups in total. The summed E-state index contributed by atoms with van der Waals surface area (Å²) in [6.07, 6.45) is 0. The molecule has 3 nitrogen and oxygen atoms in total. The van der Waals surface area contributed by atoms with E-state index in [1.165, 1.54) is 16.7 Å². The van der Waals surface area contributed by atoms with Crippen molar-refractivity contribution in [3.8, 4) is 0 Å². The molecular weight excluding hydrogens is 190 g/mol. The second kappa shape index (κ2) is 5.85. The molecule has 0 atom stereocenters. The molecule has 15 heavy (non-hydrogen) atoms. The van der Waals surface area contributed by atoms with Crippen molar-refractivity contribution < 1.29 is 10.2 Å². The Labute approximate surface area is 90.8 Å². The fraction of sp³-hybridized carbons (Fsp3) is 0.500. The third-order valence-corrected chi connectivity index (χ3v) is 2.52. The number of aryl methyl sites for hydroxylation is 2. The molecule has 0 saturated heterocycles. The van der Waals surface area contributed by atoms with Gasteiger partial charge in [-0.1, -0.05) is 23.8 Å². The fourth-order valence-corrected chi connectivity index (χ4v) is 1.49. The van der Waals surface area contributed by atoms with Crippen LogP contribution in [0.1, 0.15) is 16.7 Å². The second-order valence-corrected chi connectivity index (χ2v) is 3.87. The van der Waals surface area contributed by atoms with Gasteiger partial charge in [-0.15, -0.1) is 0 Å². The maximum absolute atomic E-state index is 8.89. The number of nitrogens with one attached hydrogen (secondary N) is 1. The van der Waals surface area contributed by atoms with E-state index in [4.69, 9.17) is 10.2 Å². The molecule has 0 saturated carbocycles. The van der Waals surface area contributed by atoms with Crippen LogP contribution in [0.3, 0.4) is 0 Å². The van der Waals surface area contributed by atoms with Gasteiger partial charge in [-0.2, -0.15) is 0 Å². The summed E-state index contributed by atoms with van der Waals surface area (Å²) in [6.45, 7) is 4.73. The topological polar surface area (TPSA) is 52.5 Å². The van der Waals surface area contributed by atoms with Gasteiger partial charge < -0.3 is 15.5 Å². The van der Waals surface area contributed by atoms with Crippen LogP contribution in [-0.2, 0) is 6.54 Å². The Kier molecular flexibility index (Phi) is 4.75. The van der Waals surface area contributed by atoms with Crippen LogP contribution in [0, 0.1) is 13.8 Å². The molecule has 0 aliphatic heterocycles. The van der Waals surface area contributed by atoms with Crippen molar-refractivity contribution in [2.45, 2.75) is 26.4 Å². The third kappa shape index (κ3) is 3.63. The number of hydrogen-bond acceptors (Lipinski definition) is 3. The van der Waals surface area contributed by atoms with Gasteiger partial charge in [0, 0.05) is 6.54 Å². The van der Waals surface area contributed by atoms with Gasteiger partial charge in [-0.05, 0) is 25.0 Å². The Morgan fingerprint density at radius 1 is 1.20 bits per heavy atom. The Hall–Kier alpha value is -0.900. The van der Waals surface area contributed by atoms with Crippen LogP contribution in [-0.4, -0.2) is 29.5 Å². The lowest BCUT2D eigenvalue weighted by Crippen LogP contribution is -2.35. The number of rotatable bonds is 5. The smallest absolute Gasteiger partial charge is 0.0607 e. The zero-order chi connectivity index (χ0) is 11.3. The first kappa shape index (κ1) is 12.2. The summed E-state index contributed by atoms with van der Waals surface area (Å²) in [4.78, 5) is 0. The summed E-state index contributed by atoms with van der Waals surface area (Å²) in [5.41, 5.74) is 3.68. The molecule has 1 aromatic rings. The van der Waals surface area contributed by atoms with Crippen LogP contribution in [0.5, 0.6) is 0 Å². The van der Waals surface area contributed by atoms with Crippen molar-refractivity contribution in [2.24, 2.45) is 0 Å². The molecule has 0 radical (unpaired) electrons. The lowest BCUT2D eigenvalue weighted by atomic mass is 10.1. The van der Waals surface area contributed by atoms with Crippen molar-refractivity contribution in [3.63, 3.8) is 0 Å². The first-order chi connectivity index (χ1) is 7.17. The van der Waals surface area contributed by atoms with Gasteiger partial charge >= 0.3 is 0 Å². The summed E-state index contributed by atoms with van der Waals surface area (Å²) >= 11 is 0. The molecule has 0 fully saturated rings. The highest BCUT2D eigenvalue weighted by Crippen LogP contribution is 2.10. The fourth-order valence-electron chi connectivity index (χ4n) is 1.49. The van der Waals surface area contributed by atoms with E-state index in [0.29, 0.717) is 6.54 Å². The van der Waals surface area contributed by atoms with E-state index in [1.807, 2.05) is 0 Å². The zero-order valence-electron chi connectivity index (χ0n) is 9.33. The van der Waals surface area contributed by atoms with E-state index in [0.717, 1.165) is 0 Å². The first-order valence-corrected chi connectivity index (χ1v) is 5.18. The van der Waals surface area contributed by atoms with Gasteiger partial charge in [0.1, 0.15) is 0 Å². The summed E-state index contributed by atoms with van der Waals surface area (Å²) in [7, 11) is 0. The van der Waals surface area contributed by atoms with Gasteiger partial charge in [-0.25, -0.2) is 0 Å². The van der Waals surface area contributed by atoms with Gasteiger partial charge in [0.15, 0.2) is 0 Å². The van der Waals surface area contributed by atoms with E-state index < -0.39 is 0 Å². The minimum Gasteiger partial charge on any atom is -0.395 e. The van der Waals surface area contributed by atoms with Gasteiger partial charge in [0.05, 0.1) is 19.3 Å². The van der Waals surface area contributed by atoms with Crippen molar-refractivity contribution in [2.75, 3.05) is 13.2 Å². The molecule has 0 aliphatic carbocycles. The lowest BCUT2D eigenvalue weighted by Gasteiger charge is -2.14. The van der Waals surface area contributed by atoms with E-state index in [1.54, 1.807) is 0 Å². The number of hydrogen-bond donors (Lipinski definition) is 3. The molecule has 84 valence electrons. The molecule has 0 amide bonds. The van der Waals surface area contributed by atoms with Gasteiger partial charge in [0.2, 0.25) is 0 Å². The molecule has 0 aromatic heterocycles. The normalized spacial score (nSPS) is 11.0. The van der Waals surface area contributed by atoms with E-state index in [-0.39, 0.29) is 19.3 Å². The Morgan fingerprint density at radius 2 is 1.87 bits per heavy atom. The summed E-state index contributed by atoms with van der Waals surface area (Å²) in [6, 6.07) is 6.04. The van der Waals surface area contributed by atoms with Gasteiger partial charge in [0.25, 0.3) is 0 Å². The molecule has 0 aliphatic rings. The Balaban J connectivity index is 2.57. The largest absolute Gasteiger partial charge is 0.395 e. The van der Waals surface area contributed by atoms with Crippen LogP contribution >= 0.6 is 0 Å². The number of aliphatic hydroxyl groups is 2. The minimum absolute atomic E-state index is 0.0403. The van der Waals surface area contributed by atoms with Crippen molar-refractivity contribution in [1.82, 2.24) is 5.32 Å². The SMILES string of the molecule is Cc1ccc(CNC(CO)CO)c(C)c1. The van der Waals surface area contributed by atoms with Crippen LogP contribution in [0.4, 0.5) is 0 Å². The molecule has 1 rings (SSSR count). The molecule has 0 bridgehead atoms. The maximum atomic E-state index is 8.89. The Morgan fingerprint density at radius 3 is 2.40 bits per heavy atom. The standard InChI is InChI=1S/C12H19NO2/c1-9-3-4-11(10(2)5-9)6-13-12(7-14)8-15/h3-5,12-15H,6-8H2,1-2H3. The Bertz CT molecular complexity index is 308. The van der Waals surface area contributed by atoms with E-state index in [2.05, 4.69) is 37.4 Å². The van der Waals surface area contributed by atoms with Gasteiger partial charge in [-0.3, -0.25) is 0 Å². The highest BCUT2D eigenvalue weighted by Gasteiger charge is 2.05. The highest BCUT2D eigenvalue weighted by atomic mass is 16.3. The first-order valence-electron chi connectivity index (χ1n) is 5.18. The predicted molar refractivity (Wildman–Crippen MR) is 60.7 cm³/mol. The molecule has 0 spiro atoms. The van der Waals surface area contributed by atoms with Crippen LogP contribution in [0.15, 0.2) is 18.2 Å². The number of benzene rings is 1. The molecule has 0 heterocycles. The molecule has 0 unspecified atom stereocenters. The van der Waals surface area contributed by atoms with Crippen LogP contribution in [0.25, 0.3) is 0 Å². The second-order valence-electron chi connectivity index (χ2n) is 3.87. The zero-order valence-corrected chi connectivity index (χ0v) is 9.33. The van der Waals surface area contributed by atoms with Crippen molar-refractivity contribution in [1.29, 1.82) is 0 Å².